The molecule has 0 aliphatic carbocycles. The minimum Gasteiger partial charge on any atom is -0.398 e. The second-order valence-corrected chi connectivity index (χ2v) is 6.40. The van der Waals surface area contributed by atoms with Crippen LogP contribution in [0.15, 0.2) is 36.4 Å². The standard InChI is InChI=1S/C16H18N2O2S/c1-11-13(17)9-15(21-11)16(19)18-7-8-20-14(10-18)12-5-3-2-4-6-12/h2-6,9,14H,7-8,10,17H2,1H3. The number of benzene rings is 1. The van der Waals surface area contributed by atoms with Gasteiger partial charge in [0.1, 0.15) is 6.10 Å². The first-order valence-electron chi connectivity index (χ1n) is 6.97. The third-order valence-corrected chi connectivity index (χ3v) is 4.75. The molecule has 1 amide bonds. The van der Waals surface area contributed by atoms with Crippen LogP contribution in [0.4, 0.5) is 5.69 Å². The molecule has 2 heterocycles. The Morgan fingerprint density at radius 1 is 1.38 bits per heavy atom. The SMILES string of the molecule is Cc1sc(C(=O)N2CCOC(c3ccccc3)C2)cc1N. The molecule has 21 heavy (non-hydrogen) atoms. The average molecular weight is 302 g/mol. The lowest BCUT2D eigenvalue weighted by Crippen LogP contribution is -2.42. The average Bonchev–Trinajstić information content (AvgIpc) is 2.87. The summed E-state index contributed by atoms with van der Waals surface area (Å²) >= 11 is 1.46. The van der Waals surface area contributed by atoms with E-state index in [9.17, 15) is 4.79 Å². The lowest BCUT2D eigenvalue weighted by atomic mass is 10.1. The fourth-order valence-corrected chi connectivity index (χ4v) is 3.37. The van der Waals surface area contributed by atoms with E-state index in [2.05, 4.69) is 0 Å². The van der Waals surface area contributed by atoms with Crippen LogP contribution in [0.2, 0.25) is 0 Å². The van der Waals surface area contributed by atoms with Crippen LogP contribution in [0.5, 0.6) is 0 Å². The van der Waals surface area contributed by atoms with E-state index in [1.54, 1.807) is 6.07 Å². The molecule has 110 valence electrons. The number of carbonyl (C=O) groups is 1. The summed E-state index contributed by atoms with van der Waals surface area (Å²) in [6.07, 6.45) is -0.0534. The number of hydrogen-bond acceptors (Lipinski definition) is 4. The largest absolute Gasteiger partial charge is 0.398 e. The van der Waals surface area contributed by atoms with Gasteiger partial charge in [0.05, 0.1) is 18.0 Å². The highest BCUT2D eigenvalue weighted by molar-refractivity contribution is 7.14. The Labute approximate surface area is 128 Å². The monoisotopic (exact) mass is 302 g/mol. The first-order valence-corrected chi connectivity index (χ1v) is 7.78. The van der Waals surface area contributed by atoms with E-state index >= 15 is 0 Å². The summed E-state index contributed by atoms with van der Waals surface area (Å²) in [5.74, 6) is 0.0454. The van der Waals surface area contributed by atoms with Gasteiger partial charge in [-0.25, -0.2) is 0 Å². The molecule has 1 aliphatic rings. The van der Waals surface area contributed by atoms with Crippen molar-refractivity contribution in [3.63, 3.8) is 0 Å². The van der Waals surface area contributed by atoms with Gasteiger partial charge in [-0.3, -0.25) is 4.79 Å². The molecular weight excluding hydrogens is 284 g/mol. The zero-order valence-corrected chi connectivity index (χ0v) is 12.7. The van der Waals surface area contributed by atoms with Crippen LogP contribution in [-0.4, -0.2) is 30.5 Å². The van der Waals surface area contributed by atoms with E-state index < -0.39 is 0 Å². The van der Waals surface area contributed by atoms with Crippen molar-refractivity contribution in [2.24, 2.45) is 0 Å². The maximum absolute atomic E-state index is 12.6. The van der Waals surface area contributed by atoms with Crippen molar-refractivity contribution in [2.45, 2.75) is 13.0 Å². The molecule has 1 aromatic heterocycles. The number of rotatable bonds is 2. The Morgan fingerprint density at radius 3 is 2.81 bits per heavy atom. The van der Waals surface area contributed by atoms with Crippen molar-refractivity contribution in [1.29, 1.82) is 0 Å². The summed E-state index contributed by atoms with van der Waals surface area (Å²) < 4.78 is 5.79. The summed E-state index contributed by atoms with van der Waals surface area (Å²) in [4.78, 5) is 16.1. The molecule has 5 heteroatoms. The molecule has 1 fully saturated rings. The van der Waals surface area contributed by atoms with Gasteiger partial charge in [-0.1, -0.05) is 30.3 Å². The van der Waals surface area contributed by atoms with Gasteiger partial charge in [-0.2, -0.15) is 0 Å². The summed E-state index contributed by atoms with van der Waals surface area (Å²) in [6.45, 7) is 3.70. The van der Waals surface area contributed by atoms with E-state index in [0.717, 1.165) is 10.4 Å². The van der Waals surface area contributed by atoms with Crippen LogP contribution < -0.4 is 5.73 Å². The fraction of sp³-hybridized carbons (Fsp3) is 0.312. The summed E-state index contributed by atoms with van der Waals surface area (Å²) in [5, 5.41) is 0. The van der Waals surface area contributed by atoms with Gasteiger partial charge in [0.2, 0.25) is 0 Å². The van der Waals surface area contributed by atoms with Gasteiger partial charge < -0.3 is 15.4 Å². The minimum absolute atomic E-state index is 0.0454. The zero-order valence-electron chi connectivity index (χ0n) is 11.9. The topological polar surface area (TPSA) is 55.6 Å². The van der Waals surface area contributed by atoms with Crippen LogP contribution in [0.25, 0.3) is 0 Å². The minimum atomic E-state index is -0.0534. The maximum Gasteiger partial charge on any atom is 0.264 e. The smallest absolute Gasteiger partial charge is 0.264 e. The predicted octanol–water partition coefficient (Wildman–Crippen LogP) is 2.85. The second-order valence-electron chi connectivity index (χ2n) is 5.14. The van der Waals surface area contributed by atoms with E-state index in [-0.39, 0.29) is 12.0 Å². The number of ether oxygens (including phenoxy) is 1. The molecule has 0 spiro atoms. The highest BCUT2D eigenvalue weighted by atomic mass is 32.1. The lowest BCUT2D eigenvalue weighted by molar-refractivity contribution is -0.0226. The van der Waals surface area contributed by atoms with Crippen molar-refractivity contribution < 1.29 is 9.53 Å². The first-order chi connectivity index (χ1) is 10.1. The van der Waals surface area contributed by atoms with Crippen molar-refractivity contribution in [1.82, 2.24) is 4.90 Å². The normalized spacial score (nSPS) is 18.7. The van der Waals surface area contributed by atoms with Gasteiger partial charge in [0.15, 0.2) is 0 Å². The number of morpholine rings is 1. The number of nitrogens with zero attached hydrogens (tertiary/aromatic N) is 1. The van der Waals surface area contributed by atoms with Crippen molar-refractivity contribution in [2.75, 3.05) is 25.4 Å². The predicted molar refractivity (Wildman–Crippen MR) is 84.5 cm³/mol. The highest BCUT2D eigenvalue weighted by Gasteiger charge is 2.27. The summed E-state index contributed by atoms with van der Waals surface area (Å²) in [7, 11) is 0. The molecule has 4 nitrogen and oxygen atoms in total. The number of nitrogen functional groups attached to an aromatic ring is 1. The highest BCUT2D eigenvalue weighted by Crippen LogP contribution is 2.27. The molecule has 1 saturated heterocycles. The number of amides is 1. The van der Waals surface area contributed by atoms with Crippen LogP contribution in [0, 0.1) is 6.92 Å². The Hall–Kier alpha value is -1.85. The lowest BCUT2D eigenvalue weighted by Gasteiger charge is -2.33. The first kappa shape index (κ1) is 14.1. The van der Waals surface area contributed by atoms with E-state index in [0.29, 0.717) is 30.3 Å². The molecule has 1 aromatic carbocycles. The second kappa shape index (κ2) is 5.87. The zero-order chi connectivity index (χ0) is 14.8. The van der Waals surface area contributed by atoms with E-state index in [1.807, 2.05) is 42.2 Å². The maximum atomic E-state index is 12.6. The molecule has 1 atom stereocenters. The number of thiophene rings is 1. The van der Waals surface area contributed by atoms with Gasteiger partial charge in [-0.05, 0) is 18.6 Å². The third-order valence-electron chi connectivity index (χ3n) is 3.69. The van der Waals surface area contributed by atoms with Gasteiger partial charge >= 0.3 is 0 Å². The van der Waals surface area contributed by atoms with Crippen LogP contribution in [0.3, 0.4) is 0 Å². The molecule has 1 aliphatic heterocycles. The van der Waals surface area contributed by atoms with Crippen molar-refractivity contribution >= 4 is 22.9 Å². The molecular formula is C16H18N2O2S. The Kier molecular flexibility index (Phi) is 3.94. The van der Waals surface area contributed by atoms with Gasteiger partial charge in [0.25, 0.3) is 5.91 Å². The molecule has 1 unspecified atom stereocenters. The molecule has 0 bridgehead atoms. The number of anilines is 1. The van der Waals surface area contributed by atoms with E-state index in [1.165, 1.54) is 11.3 Å². The van der Waals surface area contributed by atoms with Crippen LogP contribution in [0.1, 0.15) is 26.2 Å². The molecule has 2 aromatic rings. The van der Waals surface area contributed by atoms with Crippen LogP contribution in [-0.2, 0) is 4.74 Å². The molecule has 2 N–H and O–H groups in total. The number of nitrogens with two attached hydrogens (primary N) is 1. The van der Waals surface area contributed by atoms with Crippen molar-refractivity contribution in [3.05, 3.63) is 51.7 Å². The van der Waals surface area contributed by atoms with Crippen LogP contribution >= 0.6 is 11.3 Å². The summed E-state index contributed by atoms with van der Waals surface area (Å²) in [5.41, 5.74) is 7.64. The van der Waals surface area contributed by atoms with Gasteiger partial charge in [0, 0.05) is 17.1 Å². The summed E-state index contributed by atoms with van der Waals surface area (Å²) in [6, 6.07) is 11.8. The molecule has 0 saturated carbocycles. The fourth-order valence-electron chi connectivity index (χ4n) is 2.46. The number of hydrogen-bond donors (Lipinski definition) is 1. The number of carbonyl (C=O) groups excluding carboxylic acids is 1. The number of aryl methyl sites for hydroxylation is 1. The quantitative estimate of drug-likeness (QED) is 0.928. The Balaban J connectivity index is 1.75. The molecule has 3 rings (SSSR count). The molecule has 0 radical (unpaired) electrons. The Bertz CT molecular complexity index is 619. The van der Waals surface area contributed by atoms with E-state index in [4.69, 9.17) is 10.5 Å². The van der Waals surface area contributed by atoms with Gasteiger partial charge in [-0.15, -0.1) is 11.3 Å². The third kappa shape index (κ3) is 2.94. The Morgan fingerprint density at radius 2 is 2.14 bits per heavy atom. The van der Waals surface area contributed by atoms with Crippen molar-refractivity contribution in [3.8, 4) is 0 Å².